The van der Waals surface area contributed by atoms with E-state index in [1.165, 1.54) is 38.0 Å². The summed E-state index contributed by atoms with van der Waals surface area (Å²) in [5, 5.41) is 0. The van der Waals surface area contributed by atoms with Gasteiger partial charge in [-0.1, -0.05) is 43.2 Å². The number of nitrogens with zero attached hydrogens (tertiary/aromatic N) is 2. The SMILES string of the molecule is CCCCN(C(=O)O[C@H]1C[N+]2(CCC=C(C)C)CCC1CC2)c1ccccc1. The molecule has 0 unspecified atom stereocenters. The number of ether oxygens (including phenoxy) is 1. The molecule has 0 spiro atoms. The van der Waals surface area contributed by atoms with Crippen LogP contribution in [0.4, 0.5) is 10.5 Å². The van der Waals surface area contributed by atoms with Gasteiger partial charge in [0.1, 0.15) is 6.54 Å². The van der Waals surface area contributed by atoms with Gasteiger partial charge in [-0.2, -0.15) is 0 Å². The van der Waals surface area contributed by atoms with Gasteiger partial charge < -0.3 is 9.22 Å². The van der Waals surface area contributed by atoms with Crippen LogP contribution in [0.1, 0.15) is 52.9 Å². The molecule has 3 aliphatic heterocycles. The Hall–Kier alpha value is -1.81. The first-order valence-corrected chi connectivity index (χ1v) is 11.0. The number of fused-ring (bicyclic) bond motifs is 3. The smallest absolute Gasteiger partial charge is 0.414 e. The van der Waals surface area contributed by atoms with Crippen molar-refractivity contribution in [3.63, 3.8) is 0 Å². The van der Waals surface area contributed by atoms with Crippen molar-refractivity contribution in [3.05, 3.63) is 42.0 Å². The predicted molar refractivity (Wildman–Crippen MR) is 115 cm³/mol. The number of hydrogen-bond donors (Lipinski definition) is 0. The van der Waals surface area contributed by atoms with E-state index < -0.39 is 0 Å². The predicted octanol–water partition coefficient (Wildman–Crippen LogP) is 5.40. The molecule has 0 aromatic heterocycles. The Labute approximate surface area is 170 Å². The van der Waals surface area contributed by atoms with Crippen molar-refractivity contribution < 1.29 is 14.0 Å². The van der Waals surface area contributed by atoms with Crippen molar-refractivity contribution in [2.24, 2.45) is 5.92 Å². The molecule has 3 fully saturated rings. The fraction of sp³-hybridized carbons (Fsp3) is 0.625. The van der Waals surface area contributed by atoms with Crippen LogP contribution < -0.4 is 4.90 Å². The number of unbranched alkanes of at least 4 members (excludes halogenated alkanes) is 1. The molecule has 3 saturated heterocycles. The van der Waals surface area contributed by atoms with Gasteiger partial charge in [0.15, 0.2) is 6.10 Å². The van der Waals surface area contributed by atoms with Gasteiger partial charge in [-0.15, -0.1) is 0 Å². The van der Waals surface area contributed by atoms with Crippen LogP contribution in [0.3, 0.4) is 0 Å². The Kier molecular flexibility index (Phi) is 7.17. The van der Waals surface area contributed by atoms with Crippen LogP contribution in [0.25, 0.3) is 0 Å². The summed E-state index contributed by atoms with van der Waals surface area (Å²) in [5.41, 5.74) is 2.33. The summed E-state index contributed by atoms with van der Waals surface area (Å²) in [5.74, 6) is 0.538. The normalized spacial score (nSPS) is 26.0. The van der Waals surface area contributed by atoms with E-state index in [0.717, 1.165) is 42.5 Å². The van der Waals surface area contributed by atoms with Crippen molar-refractivity contribution in [2.45, 2.75) is 59.0 Å². The zero-order chi connectivity index (χ0) is 20.0. The number of quaternary nitrogens is 1. The van der Waals surface area contributed by atoms with E-state index in [2.05, 4.69) is 26.8 Å². The summed E-state index contributed by atoms with van der Waals surface area (Å²) in [6.07, 6.45) is 7.79. The summed E-state index contributed by atoms with van der Waals surface area (Å²) in [7, 11) is 0. The van der Waals surface area contributed by atoms with Crippen LogP contribution in [0.5, 0.6) is 0 Å². The fourth-order valence-corrected chi connectivity index (χ4v) is 4.74. The van der Waals surface area contributed by atoms with Crippen LogP contribution in [0, 0.1) is 5.92 Å². The van der Waals surface area contributed by atoms with Crippen molar-refractivity contribution in [1.82, 2.24) is 0 Å². The Morgan fingerprint density at radius 1 is 1.21 bits per heavy atom. The van der Waals surface area contributed by atoms with E-state index in [4.69, 9.17) is 4.74 Å². The first kappa shape index (κ1) is 20.9. The van der Waals surface area contributed by atoms with E-state index in [0.29, 0.717) is 5.92 Å². The Balaban J connectivity index is 1.65. The van der Waals surface area contributed by atoms with Crippen LogP contribution in [0.2, 0.25) is 0 Å². The lowest BCUT2D eigenvalue weighted by atomic mass is 9.83. The number of benzene rings is 1. The van der Waals surface area contributed by atoms with Gasteiger partial charge in [0.25, 0.3) is 0 Å². The minimum Gasteiger partial charge on any atom is -0.440 e. The molecule has 4 rings (SSSR count). The number of allylic oxidation sites excluding steroid dienone is 1. The Morgan fingerprint density at radius 3 is 2.57 bits per heavy atom. The van der Waals surface area contributed by atoms with Crippen LogP contribution >= 0.6 is 0 Å². The van der Waals surface area contributed by atoms with Crippen molar-refractivity contribution >= 4 is 11.8 Å². The monoisotopic (exact) mass is 385 g/mol. The topological polar surface area (TPSA) is 29.5 Å². The molecule has 1 aromatic carbocycles. The number of carbonyl (C=O) groups excluding carboxylic acids is 1. The maximum absolute atomic E-state index is 13.1. The third-order valence-electron chi connectivity index (χ3n) is 6.47. The lowest BCUT2D eigenvalue weighted by Crippen LogP contribution is -2.64. The third kappa shape index (κ3) is 5.16. The maximum Gasteiger partial charge on any atom is 0.414 e. The molecular formula is C24H37N2O2+. The Bertz CT molecular complexity index is 658. The highest BCUT2D eigenvalue weighted by Crippen LogP contribution is 2.36. The molecule has 0 radical (unpaired) electrons. The number of amides is 1. The quantitative estimate of drug-likeness (QED) is 0.443. The van der Waals surface area contributed by atoms with E-state index in [1.807, 2.05) is 35.2 Å². The lowest BCUT2D eigenvalue weighted by Gasteiger charge is -2.52. The van der Waals surface area contributed by atoms with Crippen LogP contribution in [-0.2, 0) is 4.74 Å². The van der Waals surface area contributed by atoms with E-state index in [-0.39, 0.29) is 12.2 Å². The molecule has 4 heteroatoms. The highest BCUT2D eigenvalue weighted by Gasteiger charge is 2.47. The van der Waals surface area contributed by atoms with Crippen molar-refractivity contribution in [3.8, 4) is 0 Å². The summed E-state index contributed by atoms with van der Waals surface area (Å²) in [4.78, 5) is 14.9. The van der Waals surface area contributed by atoms with E-state index >= 15 is 0 Å². The van der Waals surface area contributed by atoms with Crippen molar-refractivity contribution in [2.75, 3.05) is 37.6 Å². The number of rotatable bonds is 8. The molecule has 0 saturated carbocycles. The number of anilines is 1. The van der Waals surface area contributed by atoms with Gasteiger partial charge in [-0.05, 0) is 32.4 Å². The molecule has 2 bridgehead atoms. The second-order valence-corrected chi connectivity index (χ2v) is 8.87. The summed E-state index contributed by atoms with van der Waals surface area (Å²) in [6.45, 7) is 11.9. The molecule has 3 aliphatic rings. The van der Waals surface area contributed by atoms with Gasteiger partial charge in [0, 0.05) is 37.4 Å². The van der Waals surface area contributed by atoms with Gasteiger partial charge in [-0.3, -0.25) is 4.90 Å². The maximum atomic E-state index is 13.1. The molecule has 154 valence electrons. The largest absolute Gasteiger partial charge is 0.440 e. The molecule has 3 heterocycles. The second kappa shape index (κ2) is 9.60. The molecule has 4 nitrogen and oxygen atoms in total. The molecule has 0 aliphatic carbocycles. The molecular weight excluding hydrogens is 348 g/mol. The lowest BCUT2D eigenvalue weighted by molar-refractivity contribution is -0.945. The van der Waals surface area contributed by atoms with E-state index in [1.54, 1.807) is 0 Å². The fourth-order valence-electron chi connectivity index (χ4n) is 4.74. The van der Waals surface area contributed by atoms with E-state index in [9.17, 15) is 4.79 Å². The average molecular weight is 386 g/mol. The number of piperidine rings is 3. The summed E-state index contributed by atoms with van der Waals surface area (Å²) >= 11 is 0. The first-order chi connectivity index (χ1) is 13.5. The van der Waals surface area contributed by atoms with Crippen LogP contribution in [-0.4, -0.2) is 49.4 Å². The number of para-hydroxylation sites is 1. The van der Waals surface area contributed by atoms with Gasteiger partial charge in [0.2, 0.25) is 0 Å². The summed E-state index contributed by atoms with van der Waals surface area (Å²) < 4.78 is 7.27. The molecule has 1 amide bonds. The van der Waals surface area contributed by atoms with Gasteiger partial charge >= 0.3 is 6.09 Å². The van der Waals surface area contributed by atoms with Crippen LogP contribution in [0.15, 0.2) is 42.0 Å². The van der Waals surface area contributed by atoms with Gasteiger partial charge in [-0.25, -0.2) is 4.79 Å². The first-order valence-electron chi connectivity index (χ1n) is 11.0. The molecule has 28 heavy (non-hydrogen) atoms. The Morgan fingerprint density at radius 2 is 1.93 bits per heavy atom. The second-order valence-electron chi connectivity index (χ2n) is 8.87. The average Bonchev–Trinajstić information content (AvgIpc) is 2.69. The molecule has 0 N–H and O–H groups in total. The number of carbonyl (C=O) groups is 1. The zero-order valence-corrected chi connectivity index (χ0v) is 17.9. The minimum absolute atomic E-state index is 0.0644. The standard InChI is InChI=1S/C24H37N2O2/c1-4-5-15-25(22-11-7-6-8-12-22)24(27)28-23-19-26(16-9-10-20(2)3)17-13-21(23)14-18-26/h6-8,10-12,21,23H,4-5,9,13-19H2,1-3H3/q+1/t21?,23-,26?/m0/s1. The van der Waals surface area contributed by atoms with Gasteiger partial charge in [0.05, 0.1) is 19.6 Å². The molecule has 1 atom stereocenters. The van der Waals surface area contributed by atoms with Crippen molar-refractivity contribution in [1.29, 1.82) is 0 Å². The zero-order valence-electron chi connectivity index (χ0n) is 17.9. The highest BCUT2D eigenvalue weighted by atomic mass is 16.6. The third-order valence-corrected chi connectivity index (χ3v) is 6.47. The minimum atomic E-state index is -0.166. The molecule has 1 aromatic rings. The highest BCUT2D eigenvalue weighted by molar-refractivity contribution is 5.87. The summed E-state index contributed by atoms with van der Waals surface area (Å²) in [6, 6.07) is 9.96. The number of hydrogen-bond acceptors (Lipinski definition) is 2.